The third-order valence-corrected chi connectivity index (χ3v) is 2.27. The van der Waals surface area contributed by atoms with E-state index >= 15 is 0 Å². The van der Waals surface area contributed by atoms with Crippen molar-refractivity contribution in [1.82, 2.24) is 15.1 Å². The second kappa shape index (κ2) is 7.48. The molecule has 0 aliphatic heterocycles. The SMILES string of the molecule is CNC(=O)CCN(C)C(=O)N(C)CCC(=O)O. The zero-order valence-electron chi connectivity index (χ0n) is 10.4. The number of nitrogens with one attached hydrogen (secondary N) is 1. The van der Waals surface area contributed by atoms with E-state index in [2.05, 4.69) is 5.32 Å². The lowest BCUT2D eigenvalue weighted by Gasteiger charge is -2.24. The summed E-state index contributed by atoms with van der Waals surface area (Å²) in [7, 11) is 4.63. The molecule has 0 saturated heterocycles. The molecule has 2 N–H and O–H groups in total. The minimum Gasteiger partial charge on any atom is -0.481 e. The summed E-state index contributed by atoms with van der Waals surface area (Å²) < 4.78 is 0. The number of hydrogen-bond acceptors (Lipinski definition) is 3. The van der Waals surface area contributed by atoms with E-state index < -0.39 is 5.97 Å². The van der Waals surface area contributed by atoms with Gasteiger partial charge < -0.3 is 20.2 Å². The van der Waals surface area contributed by atoms with Crippen molar-refractivity contribution in [3.8, 4) is 0 Å². The molecule has 0 aromatic carbocycles. The molecule has 0 unspecified atom stereocenters. The van der Waals surface area contributed by atoms with E-state index in [0.717, 1.165) is 0 Å². The minimum absolute atomic E-state index is 0.0917. The standard InChI is InChI=1S/C10H19N3O4/c1-11-8(14)4-6-12(2)10(17)13(3)7-5-9(15)16/h4-7H2,1-3H3,(H,11,14)(H,15,16). The van der Waals surface area contributed by atoms with Gasteiger partial charge in [-0.2, -0.15) is 0 Å². The largest absolute Gasteiger partial charge is 0.481 e. The molecule has 0 aliphatic rings. The quantitative estimate of drug-likeness (QED) is 0.665. The summed E-state index contributed by atoms with van der Waals surface area (Å²) >= 11 is 0. The van der Waals surface area contributed by atoms with Gasteiger partial charge in [0.05, 0.1) is 6.42 Å². The van der Waals surface area contributed by atoms with Crippen molar-refractivity contribution >= 4 is 17.9 Å². The normalized spacial score (nSPS) is 9.59. The van der Waals surface area contributed by atoms with Crippen molar-refractivity contribution in [2.45, 2.75) is 12.8 Å². The van der Waals surface area contributed by atoms with E-state index in [-0.39, 0.29) is 31.3 Å². The first kappa shape index (κ1) is 15.2. The molecule has 0 saturated carbocycles. The van der Waals surface area contributed by atoms with Crippen LogP contribution in [0.5, 0.6) is 0 Å². The molecule has 0 rings (SSSR count). The number of hydrogen-bond donors (Lipinski definition) is 2. The predicted octanol–water partition coefficient (Wildman–Crippen LogP) is -0.419. The van der Waals surface area contributed by atoms with Crippen LogP contribution < -0.4 is 5.32 Å². The molecule has 0 atom stereocenters. The van der Waals surface area contributed by atoms with E-state index in [0.29, 0.717) is 6.54 Å². The molecule has 0 aliphatic carbocycles. The Kier molecular flexibility index (Phi) is 6.69. The molecule has 3 amide bonds. The molecule has 7 heteroatoms. The summed E-state index contributed by atoms with van der Waals surface area (Å²) in [5.74, 6) is -1.09. The third-order valence-electron chi connectivity index (χ3n) is 2.27. The molecule has 0 aromatic heterocycles. The molecule has 7 nitrogen and oxygen atoms in total. The zero-order valence-corrected chi connectivity index (χ0v) is 10.4. The summed E-state index contributed by atoms with van der Waals surface area (Å²) in [6.45, 7) is 0.453. The molecule has 0 heterocycles. The maximum atomic E-state index is 11.7. The van der Waals surface area contributed by atoms with Crippen LogP contribution >= 0.6 is 0 Å². The van der Waals surface area contributed by atoms with Crippen LogP contribution in [0.25, 0.3) is 0 Å². The Morgan fingerprint density at radius 2 is 1.53 bits per heavy atom. The van der Waals surface area contributed by atoms with Gasteiger partial charge >= 0.3 is 12.0 Å². The van der Waals surface area contributed by atoms with Crippen molar-refractivity contribution in [3.05, 3.63) is 0 Å². The van der Waals surface area contributed by atoms with Crippen molar-refractivity contribution in [2.24, 2.45) is 0 Å². The Hall–Kier alpha value is -1.79. The number of rotatable bonds is 6. The van der Waals surface area contributed by atoms with Crippen molar-refractivity contribution in [2.75, 3.05) is 34.2 Å². The Balaban J connectivity index is 4.02. The fourth-order valence-corrected chi connectivity index (χ4v) is 1.14. The number of carboxylic acids is 1. The zero-order chi connectivity index (χ0) is 13.4. The lowest BCUT2D eigenvalue weighted by atomic mass is 10.3. The molecule has 0 spiro atoms. The molecule has 0 radical (unpaired) electrons. The number of carboxylic acid groups (broad SMARTS) is 1. The summed E-state index contributed by atoms with van der Waals surface area (Å²) in [5, 5.41) is 10.9. The second-order valence-electron chi connectivity index (χ2n) is 3.69. The number of carbonyl (C=O) groups is 3. The summed E-state index contributed by atoms with van der Waals surface area (Å²) in [6, 6.07) is -0.296. The lowest BCUT2D eigenvalue weighted by Crippen LogP contribution is -2.41. The van der Waals surface area contributed by atoms with Crippen molar-refractivity contribution in [1.29, 1.82) is 0 Å². The first-order chi connectivity index (χ1) is 7.88. The maximum Gasteiger partial charge on any atom is 0.319 e. The number of urea groups is 1. The second-order valence-corrected chi connectivity index (χ2v) is 3.69. The molecular weight excluding hydrogens is 226 g/mol. The average molecular weight is 245 g/mol. The Labute approximate surface area is 100 Å². The summed E-state index contributed by atoms with van der Waals surface area (Å²) in [4.78, 5) is 35.7. The molecular formula is C10H19N3O4. The van der Waals surface area contributed by atoms with Gasteiger partial charge in [-0.15, -0.1) is 0 Å². The van der Waals surface area contributed by atoms with Gasteiger partial charge in [0, 0.05) is 40.7 Å². The first-order valence-corrected chi connectivity index (χ1v) is 5.27. The van der Waals surface area contributed by atoms with Crippen LogP contribution in [0.2, 0.25) is 0 Å². The van der Waals surface area contributed by atoms with Crippen LogP contribution in [0.15, 0.2) is 0 Å². The predicted molar refractivity (Wildman–Crippen MR) is 61.6 cm³/mol. The highest BCUT2D eigenvalue weighted by molar-refractivity contribution is 5.78. The van der Waals surface area contributed by atoms with E-state index in [1.54, 1.807) is 7.05 Å². The first-order valence-electron chi connectivity index (χ1n) is 5.27. The van der Waals surface area contributed by atoms with Crippen LogP contribution in [-0.4, -0.2) is 67.0 Å². The van der Waals surface area contributed by atoms with Gasteiger partial charge in [-0.3, -0.25) is 9.59 Å². The molecule has 17 heavy (non-hydrogen) atoms. The highest BCUT2D eigenvalue weighted by Gasteiger charge is 2.15. The van der Waals surface area contributed by atoms with Crippen LogP contribution in [0.1, 0.15) is 12.8 Å². The topological polar surface area (TPSA) is 90.0 Å². The smallest absolute Gasteiger partial charge is 0.319 e. The van der Waals surface area contributed by atoms with E-state index in [9.17, 15) is 14.4 Å². The van der Waals surface area contributed by atoms with Crippen LogP contribution in [0, 0.1) is 0 Å². The van der Waals surface area contributed by atoms with Crippen LogP contribution in [0.3, 0.4) is 0 Å². The number of aliphatic carboxylic acids is 1. The van der Waals surface area contributed by atoms with Gasteiger partial charge in [-0.1, -0.05) is 0 Å². The average Bonchev–Trinajstić information content (AvgIpc) is 2.31. The van der Waals surface area contributed by atoms with Gasteiger partial charge in [0.25, 0.3) is 0 Å². The summed E-state index contributed by atoms with van der Waals surface area (Å²) in [5.41, 5.74) is 0. The molecule has 98 valence electrons. The highest BCUT2D eigenvalue weighted by Crippen LogP contribution is 1.97. The fraction of sp³-hybridized carbons (Fsp3) is 0.700. The monoisotopic (exact) mass is 245 g/mol. The number of nitrogens with zero attached hydrogens (tertiary/aromatic N) is 2. The van der Waals surface area contributed by atoms with Gasteiger partial charge in [-0.05, 0) is 0 Å². The van der Waals surface area contributed by atoms with Crippen molar-refractivity contribution < 1.29 is 19.5 Å². The Morgan fingerprint density at radius 1 is 1.06 bits per heavy atom. The molecule has 0 fully saturated rings. The van der Waals surface area contributed by atoms with Crippen molar-refractivity contribution in [3.63, 3.8) is 0 Å². The Bertz CT molecular complexity index is 293. The number of amides is 3. The highest BCUT2D eigenvalue weighted by atomic mass is 16.4. The number of carbonyl (C=O) groups excluding carboxylic acids is 2. The molecule has 0 bridgehead atoms. The van der Waals surface area contributed by atoms with Gasteiger partial charge in [0.15, 0.2) is 0 Å². The summed E-state index contributed by atoms with van der Waals surface area (Å²) in [6.07, 6.45) is 0.136. The lowest BCUT2D eigenvalue weighted by molar-refractivity contribution is -0.137. The molecule has 0 aromatic rings. The third kappa shape index (κ3) is 6.39. The van der Waals surface area contributed by atoms with Gasteiger partial charge in [-0.25, -0.2) is 4.79 Å². The van der Waals surface area contributed by atoms with Crippen LogP contribution in [-0.2, 0) is 9.59 Å². The Morgan fingerprint density at radius 3 is 1.94 bits per heavy atom. The van der Waals surface area contributed by atoms with E-state index in [4.69, 9.17) is 5.11 Å². The fourth-order valence-electron chi connectivity index (χ4n) is 1.14. The minimum atomic E-state index is -0.947. The van der Waals surface area contributed by atoms with Gasteiger partial charge in [0.2, 0.25) is 5.91 Å². The van der Waals surface area contributed by atoms with Crippen LogP contribution in [0.4, 0.5) is 4.79 Å². The van der Waals surface area contributed by atoms with E-state index in [1.165, 1.54) is 23.9 Å². The van der Waals surface area contributed by atoms with E-state index in [1.807, 2.05) is 0 Å². The van der Waals surface area contributed by atoms with Gasteiger partial charge in [0.1, 0.15) is 0 Å². The maximum absolute atomic E-state index is 11.7.